The summed E-state index contributed by atoms with van der Waals surface area (Å²) >= 11 is 1.65. The molecule has 1 unspecified atom stereocenters. The third-order valence-electron chi connectivity index (χ3n) is 4.50. The van der Waals surface area contributed by atoms with Crippen molar-refractivity contribution in [2.45, 2.75) is 31.8 Å². The zero-order chi connectivity index (χ0) is 16.8. The van der Waals surface area contributed by atoms with E-state index in [9.17, 15) is 4.79 Å². The third kappa shape index (κ3) is 4.39. The van der Waals surface area contributed by atoms with E-state index >= 15 is 0 Å². The Labute approximate surface area is 147 Å². The van der Waals surface area contributed by atoms with Gasteiger partial charge in [0, 0.05) is 20.1 Å². The van der Waals surface area contributed by atoms with Crippen molar-refractivity contribution in [2.24, 2.45) is 0 Å². The summed E-state index contributed by atoms with van der Waals surface area (Å²) in [5.41, 5.74) is 1.16. The molecule has 1 aliphatic heterocycles. The summed E-state index contributed by atoms with van der Waals surface area (Å²) in [4.78, 5) is 16.5. The van der Waals surface area contributed by atoms with Gasteiger partial charge in [0.1, 0.15) is 5.76 Å². The van der Waals surface area contributed by atoms with Gasteiger partial charge in [0.15, 0.2) is 0 Å². The van der Waals surface area contributed by atoms with Crippen LogP contribution >= 0.6 is 11.3 Å². The number of nitrogens with zero attached hydrogens (tertiary/aromatic N) is 2. The number of rotatable bonds is 6. The highest BCUT2D eigenvalue weighted by atomic mass is 32.1. The second kappa shape index (κ2) is 8.35. The predicted octanol–water partition coefficient (Wildman–Crippen LogP) is 3.71. The van der Waals surface area contributed by atoms with E-state index in [-0.39, 0.29) is 12.1 Å². The molecule has 0 bridgehead atoms. The Hall–Kier alpha value is -1.79. The van der Waals surface area contributed by atoms with Crippen LogP contribution in [0.2, 0.25) is 0 Å². The largest absolute Gasteiger partial charge is 0.468 e. The first kappa shape index (κ1) is 17.0. The number of likely N-dealkylation sites (tertiary alicyclic amines) is 1. The highest BCUT2D eigenvalue weighted by Gasteiger charge is 2.25. The van der Waals surface area contributed by atoms with Gasteiger partial charge in [-0.3, -0.25) is 4.90 Å². The van der Waals surface area contributed by atoms with Gasteiger partial charge in [-0.25, -0.2) is 4.79 Å². The summed E-state index contributed by atoms with van der Waals surface area (Å²) < 4.78 is 5.62. The Morgan fingerprint density at radius 3 is 2.88 bits per heavy atom. The van der Waals surface area contributed by atoms with E-state index in [1.807, 2.05) is 30.6 Å². The molecule has 1 aliphatic rings. The minimum Gasteiger partial charge on any atom is -0.468 e. The highest BCUT2D eigenvalue weighted by molar-refractivity contribution is 7.07. The molecule has 0 aromatic carbocycles. The van der Waals surface area contributed by atoms with Gasteiger partial charge in [-0.1, -0.05) is 6.42 Å². The van der Waals surface area contributed by atoms with Gasteiger partial charge in [-0.05, 0) is 60.5 Å². The number of piperidine rings is 1. The fraction of sp³-hybridized carbons (Fsp3) is 0.500. The van der Waals surface area contributed by atoms with Crippen LogP contribution in [0.3, 0.4) is 0 Å². The van der Waals surface area contributed by atoms with E-state index in [0.717, 1.165) is 24.4 Å². The molecule has 5 nitrogen and oxygen atoms in total. The van der Waals surface area contributed by atoms with Gasteiger partial charge >= 0.3 is 6.03 Å². The molecule has 0 saturated carbocycles. The van der Waals surface area contributed by atoms with Crippen LogP contribution < -0.4 is 5.32 Å². The minimum atomic E-state index is -0.0465. The maximum Gasteiger partial charge on any atom is 0.317 e. The fourth-order valence-electron chi connectivity index (χ4n) is 3.17. The number of amides is 2. The maximum absolute atomic E-state index is 12.4. The summed E-state index contributed by atoms with van der Waals surface area (Å²) in [5.74, 6) is 0.928. The van der Waals surface area contributed by atoms with Crippen LogP contribution in [0.4, 0.5) is 4.79 Å². The standard InChI is InChI=1S/C18H25N3O2S/c1-20(13-15-7-11-24-14-15)18(22)19-12-16(17-6-5-10-23-17)21-8-3-2-4-9-21/h5-7,10-11,14,16H,2-4,8-9,12-13H2,1H3,(H,19,22). The number of hydrogen-bond donors (Lipinski definition) is 1. The van der Waals surface area contributed by atoms with Gasteiger partial charge in [0.2, 0.25) is 0 Å². The molecule has 130 valence electrons. The predicted molar refractivity (Wildman–Crippen MR) is 96.1 cm³/mol. The van der Waals surface area contributed by atoms with Crippen LogP contribution in [-0.4, -0.2) is 42.5 Å². The first-order valence-electron chi connectivity index (χ1n) is 8.51. The molecule has 0 aliphatic carbocycles. The fourth-order valence-corrected chi connectivity index (χ4v) is 3.83. The van der Waals surface area contributed by atoms with Crippen molar-refractivity contribution in [1.29, 1.82) is 0 Å². The Bertz CT molecular complexity index is 606. The molecule has 1 saturated heterocycles. The quantitative estimate of drug-likeness (QED) is 0.866. The molecule has 0 radical (unpaired) electrons. The SMILES string of the molecule is CN(Cc1ccsc1)C(=O)NCC(c1ccco1)N1CCCCC1. The number of carbonyl (C=O) groups excluding carboxylic acids is 1. The lowest BCUT2D eigenvalue weighted by atomic mass is 10.1. The number of furan rings is 1. The van der Waals surface area contributed by atoms with Crippen LogP contribution in [0.15, 0.2) is 39.6 Å². The second-order valence-corrected chi connectivity index (χ2v) is 7.08. The van der Waals surface area contributed by atoms with E-state index in [0.29, 0.717) is 13.1 Å². The average molecular weight is 347 g/mol. The van der Waals surface area contributed by atoms with Crippen molar-refractivity contribution < 1.29 is 9.21 Å². The van der Waals surface area contributed by atoms with Crippen molar-refractivity contribution in [3.63, 3.8) is 0 Å². The summed E-state index contributed by atoms with van der Waals surface area (Å²) in [6.07, 6.45) is 5.42. The van der Waals surface area contributed by atoms with E-state index in [1.165, 1.54) is 19.3 Å². The van der Waals surface area contributed by atoms with Crippen molar-refractivity contribution >= 4 is 17.4 Å². The number of hydrogen-bond acceptors (Lipinski definition) is 4. The molecule has 1 atom stereocenters. The van der Waals surface area contributed by atoms with Crippen LogP contribution in [0, 0.1) is 0 Å². The Morgan fingerprint density at radius 2 is 2.21 bits per heavy atom. The lowest BCUT2D eigenvalue weighted by molar-refractivity contribution is 0.140. The number of thiophene rings is 1. The van der Waals surface area contributed by atoms with Gasteiger partial charge in [0.05, 0.1) is 12.3 Å². The first-order chi connectivity index (χ1) is 11.7. The van der Waals surface area contributed by atoms with Crippen LogP contribution in [0.5, 0.6) is 0 Å². The smallest absolute Gasteiger partial charge is 0.317 e. The van der Waals surface area contributed by atoms with Gasteiger partial charge in [0.25, 0.3) is 0 Å². The monoisotopic (exact) mass is 347 g/mol. The molecule has 1 fully saturated rings. The van der Waals surface area contributed by atoms with Crippen molar-refractivity contribution in [2.75, 3.05) is 26.7 Å². The van der Waals surface area contributed by atoms with Gasteiger partial charge < -0.3 is 14.6 Å². The molecular weight excluding hydrogens is 322 g/mol. The van der Waals surface area contributed by atoms with E-state index in [4.69, 9.17) is 4.42 Å². The molecule has 24 heavy (non-hydrogen) atoms. The van der Waals surface area contributed by atoms with Crippen LogP contribution in [-0.2, 0) is 6.54 Å². The second-order valence-electron chi connectivity index (χ2n) is 6.30. The van der Waals surface area contributed by atoms with Gasteiger partial charge in [-0.2, -0.15) is 11.3 Å². The number of carbonyl (C=O) groups is 1. The summed E-state index contributed by atoms with van der Waals surface area (Å²) in [5, 5.41) is 7.17. The maximum atomic E-state index is 12.4. The Balaban J connectivity index is 1.57. The van der Waals surface area contributed by atoms with Gasteiger partial charge in [-0.15, -0.1) is 0 Å². The summed E-state index contributed by atoms with van der Waals surface area (Å²) in [7, 11) is 1.83. The molecule has 0 spiro atoms. The van der Waals surface area contributed by atoms with Crippen molar-refractivity contribution in [3.8, 4) is 0 Å². The molecular formula is C18H25N3O2S. The summed E-state index contributed by atoms with van der Waals surface area (Å²) in [6.45, 7) is 3.32. The number of nitrogens with one attached hydrogen (secondary N) is 1. The lowest BCUT2D eigenvalue weighted by Gasteiger charge is -2.33. The topological polar surface area (TPSA) is 48.7 Å². The minimum absolute atomic E-state index is 0.0465. The molecule has 3 heterocycles. The molecule has 2 aromatic heterocycles. The molecule has 1 N–H and O–H groups in total. The normalized spacial score (nSPS) is 16.7. The van der Waals surface area contributed by atoms with Crippen LogP contribution in [0.25, 0.3) is 0 Å². The molecule has 3 rings (SSSR count). The third-order valence-corrected chi connectivity index (χ3v) is 5.23. The summed E-state index contributed by atoms with van der Waals surface area (Å²) in [6, 6.07) is 6.03. The average Bonchev–Trinajstić information content (AvgIpc) is 3.30. The number of urea groups is 1. The van der Waals surface area contributed by atoms with E-state index in [1.54, 1.807) is 22.5 Å². The van der Waals surface area contributed by atoms with Crippen molar-refractivity contribution in [1.82, 2.24) is 15.1 Å². The van der Waals surface area contributed by atoms with E-state index < -0.39 is 0 Å². The highest BCUT2D eigenvalue weighted by Crippen LogP contribution is 2.24. The zero-order valence-electron chi connectivity index (χ0n) is 14.1. The zero-order valence-corrected chi connectivity index (χ0v) is 14.9. The molecule has 6 heteroatoms. The molecule has 2 amide bonds. The lowest BCUT2D eigenvalue weighted by Crippen LogP contribution is -2.43. The first-order valence-corrected chi connectivity index (χ1v) is 9.46. The Morgan fingerprint density at radius 1 is 1.38 bits per heavy atom. The van der Waals surface area contributed by atoms with Crippen LogP contribution in [0.1, 0.15) is 36.6 Å². The van der Waals surface area contributed by atoms with Crippen molar-refractivity contribution in [3.05, 3.63) is 46.5 Å². The van der Waals surface area contributed by atoms with E-state index in [2.05, 4.69) is 15.6 Å². The molecule has 2 aromatic rings. The Kier molecular flexibility index (Phi) is 5.93.